The Bertz CT molecular complexity index is 910. The molecule has 30 heavy (non-hydrogen) atoms. The first kappa shape index (κ1) is 23.2. The molecule has 162 valence electrons. The number of halogens is 6. The third-order valence-corrected chi connectivity index (χ3v) is 4.09. The molecule has 2 amide bonds. The predicted molar refractivity (Wildman–Crippen MR) is 93.9 cm³/mol. The van der Waals surface area contributed by atoms with E-state index in [2.05, 4.69) is 15.6 Å². The summed E-state index contributed by atoms with van der Waals surface area (Å²) in [7, 11) is 0. The van der Waals surface area contributed by atoms with Crippen LogP contribution in [0, 0.1) is 0 Å². The van der Waals surface area contributed by atoms with E-state index in [4.69, 9.17) is 0 Å². The fourth-order valence-corrected chi connectivity index (χ4v) is 2.70. The van der Waals surface area contributed by atoms with Crippen molar-refractivity contribution in [3.63, 3.8) is 0 Å². The smallest absolute Gasteiger partial charge is 0.345 e. The molecule has 0 saturated carbocycles. The summed E-state index contributed by atoms with van der Waals surface area (Å²) >= 11 is 0. The zero-order chi connectivity index (χ0) is 22.7. The number of rotatable bonds is 5. The van der Waals surface area contributed by atoms with E-state index in [-0.39, 0.29) is 5.56 Å². The summed E-state index contributed by atoms with van der Waals surface area (Å²) in [5, 5.41) is 4.61. The van der Waals surface area contributed by atoms with Crippen LogP contribution in [-0.4, -0.2) is 22.8 Å². The highest BCUT2D eigenvalue weighted by Crippen LogP contribution is 2.36. The van der Waals surface area contributed by atoms with Gasteiger partial charge in [-0.05, 0) is 36.8 Å². The Balaban J connectivity index is 2.52. The fourth-order valence-electron chi connectivity index (χ4n) is 2.70. The van der Waals surface area contributed by atoms with Gasteiger partial charge >= 0.3 is 12.4 Å². The fraction of sp³-hybridized carbons (Fsp3) is 0.316. The highest BCUT2D eigenvalue weighted by Gasteiger charge is 2.37. The van der Waals surface area contributed by atoms with Gasteiger partial charge in [-0.1, -0.05) is 12.1 Å². The van der Waals surface area contributed by atoms with Gasteiger partial charge in [-0.15, -0.1) is 0 Å². The number of nitrogens with zero attached hydrogens (tertiary/aromatic N) is 1. The lowest BCUT2D eigenvalue weighted by Crippen LogP contribution is -2.45. The Labute approximate surface area is 167 Å². The number of alkyl halides is 6. The first-order chi connectivity index (χ1) is 13.8. The van der Waals surface area contributed by atoms with Crippen LogP contribution in [0.15, 0.2) is 42.6 Å². The van der Waals surface area contributed by atoms with Crippen molar-refractivity contribution in [1.29, 1.82) is 0 Å². The van der Waals surface area contributed by atoms with E-state index in [0.29, 0.717) is 12.1 Å². The largest absolute Gasteiger partial charge is 0.418 e. The number of nitrogens with one attached hydrogen (secondary N) is 2. The topological polar surface area (TPSA) is 71.1 Å². The van der Waals surface area contributed by atoms with Gasteiger partial charge in [-0.3, -0.25) is 14.6 Å². The Morgan fingerprint density at radius 1 is 0.933 bits per heavy atom. The molecule has 0 saturated heterocycles. The zero-order valence-corrected chi connectivity index (χ0v) is 15.7. The summed E-state index contributed by atoms with van der Waals surface area (Å²) < 4.78 is 78.9. The van der Waals surface area contributed by atoms with Gasteiger partial charge in [0.2, 0.25) is 11.8 Å². The number of benzene rings is 1. The Morgan fingerprint density at radius 2 is 1.53 bits per heavy atom. The van der Waals surface area contributed by atoms with Crippen LogP contribution in [0.4, 0.5) is 26.3 Å². The average Bonchev–Trinajstić information content (AvgIpc) is 2.64. The number of aromatic nitrogens is 1. The highest BCUT2D eigenvalue weighted by molar-refractivity contribution is 5.86. The minimum Gasteiger partial charge on any atom is -0.345 e. The van der Waals surface area contributed by atoms with E-state index in [1.54, 1.807) is 0 Å². The second-order valence-electron chi connectivity index (χ2n) is 6.42. The highest BCUT2D eigenvalue weighted by atomic mass is 19.4. The van der Waals surface area contributed by atoms with Crippen LogP contribution in [0.5, 0.6) is 0 Å². The summed E-state index contributed by atoms with van der Waals surface area (Å²) in [5.74, 6) is -1.38. The third-order valence-electron chi connectivity index (χ3n) is 4.09. The minimum absolute atomic E-state index is 0.0458. The van der Waals surface area contributed by atoms with Crippen molar-refractivity contribution in [1.82, 2.24) is 15.6 Å². The Hall–Kier alpha value is -3.11. The molecule has 2 N–H and O–H groups in total. The number of carbonyl (C=O) groups is 2. The number of hydrogen-bond acceptors (Lipinski definition) is 3. The normalized spacial score (nSPS) is 14.0. The molecule has 1 heterocycles. The Morgan fingerprint density at radius 3 is 2.03 bits per heavy atom. The van der Waals surface area contributed by atoms with Crippen molar-refractivity contribution in [3.05, 3.63) is 65.0 Å². The van der Waals surface area contributed by atoms with Gasteiger partial charge < -0.3 is 10.6 Å². The monoisotopic (exact) mass is 433 g/mol. The maximum absolute atomic E-state index is 13.5. The van der Waals surface area contributed by atoms with Gasteiger partial charge in [0.15, 0.2) is 0 Å². The molecule has 0 aliphatic heterocycles. The van der Waals surface area contributed by atoms with Crippen LogP contribution in [0.25, 0.3) is 0 Å². The first-order valence-electron chi connectivity index (χ1n) is 8.57. The van der Waals surface area contributed by atoms with Gasteiger partial charge in [0, 0.05) is 13.1 Å². The molecule has 1 aromatic carbocycles. The van der Waals surface area contributed by atoms with Crippen LogP contribution in [0.2, 0.25) is 0 Å². The van der Waals surface area contributed by atoms with Crippen molar-refractivity contribution in [2.24, 2.45) is 0 Å². The maximum Gasteiger partial charge on any atom is 0.418 e. The molecule has 5 nitrogen and oxygen atoms in total. The number of amides is 2. The molecular weight excluding hydrogens is 416 g/mol. The van der Waals surface area contributed by atoms with Gasteiger partial charge in [0.05, 0.1) is 22.9 Å². The molecule has 0 aliphatic rings. The Kier molecular flexibility index (Phi) is 6.73. The van der Waals surface area contributed by atoms with E-state index in [1.165, 1.54) is 6.92 Å². The van der Waals surface area contributed by atoms with E-state index in [1.807, 2.05) is 0 Å². The molecule has 2 rings (SSSR count). The van der Waals surface area contributed by atoms with E-state index in [9.17, 15) is 35.9 Å². The van der Waals surface area contributed by atoms with Crippen LogP contribution in [-0.2, 0) is 21.9 Å². The molecule has 1 unspecified atom stereocenters. The summed E-state index contributed by atoms with van der Waals surface area (Å²) in [5.41, 5.74) is -2.79. The summed E-state index contributed by atoms with van der Waals surface area (Å²) in [6, 6.07) is 2.52. The van der Waals surface area contributed by atoms with Gasteiger partial charge in [-0.2, -0.15) is 26.3 Å². The second-order valence-corrected chi connectivity index (χ2v) is 6.42. The minimum atomic E-state index is -4.82. The molecule has 2 atom stereocenters. The third kappa shape index (κ3) is 5.71. The molecular formula is C19H17F6N3O2. The standard InChI is InChI=1S/C19H17F6N3O2/c1-10(27-11(2)29)17(30)28-15(12-5-7-13(8-6-12)18(20,21)22)16-14(19(23,24)25)4-3-9-26-16/h3-10,15H,1-2H3,(H,27,29)(H,28,30)/t10?,15-/m0/s1. The van der Waals surface area contributed by atoms with Crippen LogP contribution in [0.1, 0.15) is 42.3 Å². The zero-order valence-electron chi connectivity index (χ0n) is 15.7. The molecule has 1 aromatic heterocycles. The second kappa shape index (κ2) is 8.72. The number of hydrogen-bond donors (Lipinski definition) is 2. The SMILES string of the molecule is CC(=O)NC(C)C(=O)N[C@@H](c1ccc(C(F)(F)F)cc1)c1ncccc1C(F)(F)F. The summed E-state index contributed by atoms with van der Waals surface area (Å²) in [6.45, 7) is 2.46. The number of pyridine rings is 1. The van der Waals surface area contributed by atoms with Crippen LogP contribution in [0.3, 0.4) is 0 Å². The van der Waals surface area contributed by atoms with Crippen molar-refractivity contribution in [3.8, 4) is 0 Å². The van der Waals surface area contributed by atoms with Gasteiger partial charge in [-0.25, -0.2) is 0 Å². The van der Waals surface area contributed by atoms with Gasteiger partial charge in [0.25, 0.3) is 0 Å². The lowest BCUT2D eigenvalue weighted by molar-refractivity contribution is -0.139. The van der Waals surface area contributed by atoms with Crippen molar-refractivity contribution < 1.29 is 35.9 Å². The van der Waals surface area contributed by atoms with E-state index < -0.39 is 53.1 Å². The van der Waals surface area contributed by atoms with Gasteiger partial charge in [0.1, 0.15) is 6.04 Å². The average molecular weight is 433 g/mol. The summed E-state index contributed by atoms with van der Waals surface area (Å²) in [4.78, 5) is 27.3. The van der Waals surface area contributed by atoms with E-state index in [0.717, 1.165) is 37.4 Å². The lowest BCUT2D eigenvalue weighted by Gasteiger charge is -2.24. The summed E-state index contributed by atoms with van der Waals surface area (Å²) in [6.07, 6.45) is -8.38. The van der Waals surface area contributed by atoms with E-state index >= 15 is 0 Å². The number of carbonyl (C=O) groups excluding carboxylic acids is 2. The molecule has 0 spiro atoms. The van der Waals surface area contributed by atoms with Crippen LogP contribution < -0.4 is 10.6 Å². The maximum atomic E-state index is 13.5. The molecule has 0 aliphatic carbocycles. The predicted octanol–water partition coefficient (Wildman–Crippen LogP) is 3.85. The molecule has 2 aromatic rings. The lowest BCUT2D eigenvalue weighted by atomic mass is 9.97. The molecule has 0 fully saturated rings. The van der Waals surface area contributed by atoms with Crippen LogP contribution >= 0.6 is 0 Å². The molecule has 0 radical (unpaired) electrons. The quantitative estimate of drug-likeness (QED) is 0.704. The first-order valence-corrected chi connectivity index (χ1v) is 8.57. The van der Waals surface area contributed by atoms with Crippen molar-refractivity contribution in [2.75, 3.05) is 0 Å². The van der Waals surface area contributed by atoms with Crippen molar-refractivity contribution in [2.45, 2.75) is 38.3 Å². The molecule has 0 bridgehead atoms. The molecule has 11 heteroatoms. The van der Waals surface area contributed by atoms with Crippen molar-refractivity contribution >= 4 is 11.8 Å².